The van der Waals surface area contributed by atoms with Crippen LogP contribution in [0.4, 0.5) is 0 Å². The van der Waals surface area contributed by atoms with Crippen molar-refractivity contribution in [3.63, 3.8) is 0 Å². The van der Waals surface area contributed by atoms with E-state index in [0.717, 1.165) is 37.0 Å². The maximum Gasteiger partial charge on any atom is 0.253 e. The maximum absolute atomic E-state index is 13.5. The molecule has 440 valence electrons. The largest absolute Gasteiger partial charge is 0.394 e. The van der Waals surface area contributed by atoms with Gasteiger partial charge >= 0.3 is 0 Å². The lowest BCUT2D eigenvalue weighted by molar-refractivity contribution is -0.282. The Morgan fingerprint density at radius 2 is 1.08 bits per heavy atom. The van der Waals surface area contributed by atoms with Crippen LogP contribution in [0.5, 0.6) is 0 Å². The Labute approximate surface area is 453 Å². The molecule has 4 aliphatic rings. The van der Waals surface area contributed by atoms with Crippen molar-refractivity contribution in [2.45, 2.75) is 217 Å². The van der Waals surface area contributed by atoms with E-state index >= 15 is 0 Å². The smallest absolute Gasteiger partial charge is 0.253 e. The van der Waals surface area contributed by atoms with Gasteiger partial charge in [0.15, 0.2) is 18.4 Å². The van der Waals surface area contributed by atoms with E-state index in [1.807, 2.05) is 0 Å². The third kappa shape index (κ3) is 23.2. The number of hydrogen-bond donors (Lipinski definition) is 8. The molecule has 8 N–H and O–H groups in total. The molecule has 0 aromatic heterocycles. The highest BCUT2D eigenvalue weighted by atomic mass is 16.7. The van der Waals surface area contributed by atoms with Gasteiger partial charge in [-0.2, -0.15) is 0 Å². The van der Waals surface area contributed by atoms with Crippen LogP contribution in [0.15, 0.2) is 12.2 Å². The van der Waals surface area contributed by atoms with Crippen molar-refractivity contribution >= 4 is 41.0 Å². The molecule has 3 fully saturated rings. The Bertz CT molecular complexity index is 1830. The van der Waals surface area contributed by atoms with Gasteiger partial charge in [0.1, 0.15) is 41.8 Å². The molecular formula is C55H91N3O19. The number of aliphatic hydroxyl groups excluding tert-OH is 6. The van der Waals surface area contributed by atoms with Crippen molar-refractivity contribution in [1.29, 1.82) is 0 Å². The van der Waals surface area contributed by atoms with Crippen LogP contribution < -0.4 is 10.6 Å². The van der Waals surface area contributed by atoms with Gasteiger partial charge in [-0.1, -0.05) is 26.7 Å². The summed E-state index contributed by atoms with van der Waals surface area (Å²) in [7, 11) is 0. The fourth-order valence-corrected chi connectivity index (χ4v) is 9.98. The van der Waals surface area contributed by atoms with Gasteiger partial charge in [-0.3, -0.25) is 38.5 Å². The predicted molar refractivity (Wildman–Crippen MR) is 277 cm³/mol. The molecule has 77 heavy (non-hydrogen) atoms. The van der Waals surface area contributed by atoms with E-state index in [4.69, 9.17) is 28.4 Å². The van der Waals surface area contributed by atoms with Gasteiger partial charge in [-0.15, -0.1) is 0 Å². The summed E-state index contributed by atoms with van der Waals surface area (Å²) in [6.45, 7) is 4.50. The number of carbonyl (C=O) groups excluding carboxylic acids is 7. The van der Waals surface area contributed by atoms with Crippen molar-refractivity contribution in [2.75, 3.05) is 59.3 Å². The number of nitrogens with zero attached hydrogens (tertiary/aromatic N) is 1. The van der Waals surface area contributed by atoms with Gasteiger partial charge in [0.25, 0.3) is 11.8 Å². The van der Waals surface area contributed by atoms with Gasteiger partial charge in [-0.05, 0) is 77.0 Å². The number of ether oxygens (including phenoxy) is 6. The molecule has 0 aromatic rings. The van der Waals surface area contributed by atoms with E-state index in [0.29, 0.717) is 110 Å². The third-order valence-corrected chi connectivity index (χ3v) is 15.0. The van der Waals surface area contributed by atoms with E-state index in [9.17, 15) is 64.2 Å². The van der Waals surface area contributed by atoms with Gasteiger partial charge in [0.2, 0.25) is 11.8 Å². The van der Waals surface area contributed by atoms with E-state index in [1.54, 1.807) is 13.8 Å². The SMILES string of the molecule is CC1C(O)C(O)C(CO)O[C@H]1OCCCCC(=O)NCCCC[C@H](CC(=O)CCCCO[C@@H]1OC(CO)[C@H](O)C(O)[C@H]1C)C(=O)NCCCCCC(=O)CCCOC1(OCCCC(=O)CCN2C(=O)C=CC2=O)CCCC1. The molecule has 1 aliphatic carbocycles. The van der Waals surface area contributed by atoms with Crippen molar-refractivity contribution in [3.05, 3.63) is 12.2 Å². The van der Waals surface area contributed by atoms with Gasteiger partial charge < -0.3 is 69.7 Å². The number of nitrogens with one attached hydrogen (secondary N) is 2. The number of hydrogen-bond acceptors (Lipinski definition) is 19. The molecule has 6 unspecified atom stereocenters. The van der Waals surface area contributed by atoms with E-state index in [1.165, 1.54) is 12.2 Å². The normalized spacial score (nSPS) is 26.5. The average molecular weight is 1100 g/mol. The topological polar surface area (TPSA) is 324 Å². The van der Waals surface area contributed by atoms with Gasteiger partial charge in [-0.25, -0.2) is 0 Å². The number of amides is 4. The predicted octanol–water partition coefficient (Wildman–Crippen LogP) is 2.37. The second-order valence-corrected chi connectivity index (χ2v) is 21.2. The van der Waals surface area contributed by atoms with Crippen LogP contribution >= 0.6 is 0 Å². The Balaban J connectivity index is 1.10. The summed E-state index contributed by atoms with van der Waals surface area (Å²) in [4.78, 5) is 88.8. The lowest BCUT2D eigenvalue weighted by Crippen LogP contribution is -2.55. The molecule has 4 amide bonds. The minimum atomic E-state index is -1.23. The highest BCUT2D eigenvalue weighted by molar-refractivity contribution is 6.13. The standard InChI is InChI=1S/C55H91N3O19/c1-37-48(67)50(69)43(35-59)76-53(37)72-30-12-6-18-42(63)34-39(16-5-11-27-56-45(64)21-7-13-31-73-54-38(2)49(68)51(70)44(36-60)77-54)52(71)57-28-10-3-4-17-40(61)19-14-32-74-55(25-8-9-26-55)75-33-15-20-41(62)24-29-58-46(65)22-23-47(58)66/h22-23,37-39,43-44,48-51,53-54,59-60,67-70H,3-21,24-36H2,1-2H3,(H,56,64)(H,57,71)/t37-,38?,39-,43?,44?,48?,49?,50+,51?,53-,54-/m1/s1. The number of ketones is 3. The van der Waals surface area contributed by atoms with E-state index < -0.39 is 97.8 Å². The summed E-state index contributed by atoms with van der Waals surface area (Å²) in [5.74, 6) is -3.48. The van der Waals surface area contributed by atoms with Crippen LogP contribution in [0, 0.1) is 17.8 Å². The van der Waals surface area contributed by atoms with E-state index in [-0.39, 0.29) is 81.0 Å². The Hall–Kier alpha value is -3.65. The van der Waals surface area contributed by atoms with Crippen LogP contribution in [-0.4, -0.2) is 191 Å². The molecule has 0 aromatic carbocycles. The van der Waals surface area contributed by atoms with Crippen LogP contribution in [0.25, 0.3) is 0 Å². The number of Topliss-reactive ketones (excluding diaryl/α,β-unsaturated/α-hetero) is 3. The number of rotatable bonds is 41. The summed E-state index contributed by atoms with van der Waals surface area (Å²) in [5, 5.41) is 65.5. The molecule has 2 saturated heterocycles. The molecule has 3 heterocycles. The number of carbonyl (C=O) groups is 7. The van der Waals surface area contributed by atoms with Crippen molar-refractivity contribution in [1.82, 2.24) is 15.5 Å². The molecule has 0 bridgehead atoms. The zero-order valence-corrected chi connectivity index (χ0v) is 45.6. The fraction of sp³-hybridized carbons (Fsp3) is 0.836. The Morgan fingerprint density at radius 1 is 0.597 bits per heavy atom. The highest BCUT2D eigenvalue weighted by Gasteiger charge is 2.44. The number of unbranched alkanes of at least 4 members (excludes halogenated alkanes) is 5. The first kappa shape index (κ1) is 65.9. The van der Waals surface area contributed by atoms with E-state index in [2.05, 4.69) is 10.6 Å². The van der Waals surface area contributed by atoms with Crippen molar-refractivity contribution in [3.8, 4) is 0 Å². The maximum atomic E-state index is 13.5. The lowest BCUT2D eigenvalue weighted by atomic mass is 9.92. The molecule has 3 aliphatic heterocycles. The number of aliphatic hydroxyl groups is 6. The molecule has 22 heteroatoms. The quantitative estimate of drug-likeness (QED) is 0.0248. The lowest BCUT2D eigenvalue weighted by Gasteiger charge is -2.40. The van der Waals surface area contributed by atoms with Crippen LogP contribution in [0.1, 0.15) is 162 Å². The van der Waals surface area contributed by atoms with Gasteiger partial charge in [0, 0.05) is 121 Å². The summed E-state index contributed by atoms with van der Waals surface area (Å²) in [6, 6.07) is 0. The fourth-order valence-electron chi connectivity index (χ4n) is 9.98. The molecular weight excluding hydrogens is 1010 g/mol. The second kappa shape index (κ2) is 35.9. The van der Waals surface area contributed by atoms with Crippen LogP contribution in [-0.2, 0) is 62.0 Å². The summed E-state index contributed by atoms with van der Waals surface area (Å²) in [5.41, 5.74) is 0. The first-order valence-electron chi connectivity index (χ1n) is 28.4. The highest BCUT2D eigenvalue weighted by Crippen LogP contribution is 2.35. The van der Waals surface area contributed by atoms with Crippen LogP contribution in [0.3, 0.4) is 0 Å². The first-order chi connectivity index (χ1) is 37.0. The zero-order chi connectivity index (χ0) is 56.2. The van der Waals surface area contributed by atoms with Crippen molar-refractivity contribution < 1.29 is 92.6 Å². The van der Waals surface area contributed by atoms with Gasteiger partial charge in [0.05, 0.1) is 38.6 Å². The summed E-state index contributed by atoms with van der Waals surface area (Å²) in [6.07, 6.45) is 6.15. The molecule has 4 rings (SSSR count). The summed E-state index contributed by atoms with van der Waals surface area (Å²) < 4.78 is 35.0. The minimum Gasteiger partial charge on any atom is -0.394 e. The van der Waals surface area contributed by atoms with Crippen LogP contribution in [0.2, 0.25) is 0 Å². The van der Waals surface area contributed by atoms with Crippen molar-refractivity contribution in [2.24, 2.45) is 17.8 Å². The monoisotopic (exact) mass is 1100 g/mol. The summed E-state index contributed by atoms with van der Waals surface area (Å²) >= 11 is 0. The minimum absolute atomic E-state index is 0.0484. The Kier molecular flexibility index (Phi) is 30.7. The molecule has 1 saturated carbocycles. The molecule has 22 nitrogen and oxygen atoms in total. The third-order valence-electron chi connectivity index (χ3n) is 15.0. The molecule has 11 atom stereocenters. The number of imide groups is 1. The first-order valence-corrected chi connectivity index (χ1v) is 28.4. The Morgan fingerprint density at radius 3 is 1.64 bits per heavy atom. The molecule has 0 radical (unpaired) electrons. The average Bonchev–Trinajstić information content (AvgIpc) is 4.02. The molecule has 0 spiro atoms. The second-order valence-electron chi connectivity index (χ2n) is 21.2. The zero-order valence-electron chi connectivity index (χ0n) is 45.6.